The van der Waals surface area contributed by atoms with Crippen molar-refractivity contribution in [2.45, 2.75) is 12.7 Å². The van der Waals surface area contributed by atoms with Crippen LogP contribution >= 0.6 is 0 Å². The van der Waals surface area contributed by atoms with Crippen LogP contribution in [-0.2, 0) is 0 Å². The van der Waals surface area contributed by atoms with Crippen molar-refractivity contribution in [1.82, 2.24) is 0 Å². The minimum Gasteiger partial charge on any atom is -0.426 e. The average Bonchev–Trinajstić information content (AvgIpc) is 2.50. The van der Waals surface area contributed by atoms with Crippen LogP contribution in [0.3, 0.4) is 0 Å². The first-order chi connectivity index (χ1) is 6.20. The topological polar surface area (TPSA) is 65.2 Å². The molecular formula is C8H9BN2O2. The first-order valence-electron chi connectivity index (χ1n) is 4.06. The van der Waals surface area contributed by atoms with Crippen LogP contribution in [0, 0.1) is 0 Å². The predicted octanol–water partition coefficient (Wildman–Crippen LogP) is 1.02. The average molecular weight is 176 g/mol. The van der Waals surface area contributed by atoms with Crippen molar-refractivity contribution in [1.29, 1.82) is 0 Å². The zero-order valence-corrected chi connectivity index (χ0v) is 7.18. The lowest BCUT2D eigenvalue weighted by atomic mass is 9.63. The molecule has 1 aliphatic heterocycles. The van der Waals surface area contributed by atoms with E-state index in [1.54, 1.807) is 6.20 Å². The third-order valence-corrected chi connectivity index (χ3v) is 2.29. The fraction of sp³-hybridized carbons (Fsp3) is 0.250. The van der Waals surface area contributed by atoms with E-state index in [2.05, 4.69) is 10.2 Å². The van der Waals surface area contributed by atoms with Gasteiger partial charge in [-0.3, -0.25) is 0 Å². The summed E-state index contributed by atoms with van der Waals surface area (Å²) in [7, 11) is -1.38. The molecule has 0 fully saturated rings. The van der Waals surface area contributed by atoms with Crippen LogP contribution < -0.4 is 0 Å². The Morgan fingerprint density at radius 3 is 2.85 bits per heavy atom. The highest BCUT2D eigenvalue weighted by atomic mass is 16.4. The third-order valence-electron chi connectivity index (χ3n) is 2.29. The smallest absolute Gasteiger partial charge is 0.426 e. The van der Waals surface area contributed by atoms with Gasteiger partial charge in [0.1, 0.15) is 0 Å². The fourth-order valence-electron chi connectivity index (χ4n) is 1.60. The van der Waals surface area contributed by atoms with Gasteiger partial charge in [-0.15, -0.1) is 0 Å². The summed E-state index contributed by atoms with van der Waals surface area (Å²) in [5.41, 5.74) is 2.43. The van der Waals surface area contributed by atoms with Crippen molar-refractivity contribution >= 4 is 7.12 Å². The number of azo groups is 1. The van der Waals surface area contributed by atoms with Gasteiger partial charge in [0.25, 0.3) is 0 Å². The molecule has 0 saturated carbocycles. The molecular weight excluding hydrogens is 167 g/mol. The molecule has 0 spiro atoms. The van der Waals surface area contributed by atoms with Gasteiger partial charge in [-0.05, 0) is 13.0 Å². The summed E-state index contributed by atoms with van der Waals surface area (Å²) < 4.78 is 0. The standard InChI is InChI=1S/C8H9BN2O2/c1-5-2-3-7-6(4-10-11-7)8(5)9(12)13/h2-4,8,12-13H,1H3/t8-/m1/s1. The highest BCUT2D eigenvalue weighted by Gasteiger charge is 2.33. The second-order valence-corrected chi connectivity index (χ2v) is 3.15. The summed E-state index contributed by atoms with van der Waals surface area (Å²) in [5.74, 6) is -0.380. The molecule has 1 atom stereocenters. The van der Waals surface area contributed by atoms with Gasteiger partial charge in [-0.25, -0.2) is 0 Å². The Labute approximate surface area is 76.1 Å². The number of nitrogens with zero attached hydrogens (tertiary/aromatic N) is 2. The molecule has 66 valence electrons. The molecule has 0 amide bonds. The van der Waals surface area contributed by atoms with Crippen molar-refractivity contribution in [3.8, 4) is 0 Å². The monoisotopic (exact) mass is 176 g/mol. The van der Waals surface area contributed by atoms with Crippen molar-refractivity contribution < 1.29 is 10.0 Å². The maximum absolute atomic E-state index is 9.16. The SMILES string of the molecule is CC1=CC=C2N=NC=C2[C@@H]1B(O)O. The molecule has 2 rings (SSSR count). The molecule has 4 nitrogen and oxygen atoms in total. The quantitative estimate of drug-likeness (QED) is 0.585. The van der Waals surface area contributed by atoms with E-state index in [0.717, 1.165) is 16.8 Å². The maximum Gasteiger partial charge on any atom is 0.463 e. The third kappa shape index (κ3) is 1.26. The first-order valence-corrected chi connectivity index (χ1v) is 4.06. The highest BCUT2D eigenvalue weighted by molar-refractivity contribution is 6.45. The molecule has 0 unspecified atom stereocenters. The van der Waals surface area contributed by atoms with Crippen LogP contribution in [0.4, 0.5) is 0 Å². The number of fused-ring (bicyclic) bond motifs is 1. The lowest BCUT2D eigenvalue weighted by Gasteiger charge is -2.20. The zero-order chi connectivity index (χ0) is 9.42. The molecule has 2 aliphatic rings. The summed E-state index contributed by atoms with van der Waals surface area (Å²) in [6.45, 7) is 1.86. The molecule has 1 aliphatic carbocycles. The van der Waals surface area contributed by atoms with Gasteiger partial charge in [0.05, 0.1) is 11.9 Å². The van der Waals surface area contributed by atoms with E-state index in [1.165, 1.54) is 0 Å². The molecule has 5 heteroatoms. The van der Waals surface area contributed by atoms with E-state index in [9.17, 15) is 0 Å². The molecule has 0 aromatic heterocycles. The van der Waals surface area contributed by atoms with Gasteiger partial charge in [-0.2, -0.15) is 10.2 Å². The number of rotatable bonds is 1. The number of hydrogen-bond acceptors (Lipinski definition) is 4. The van der Waals surface area contributed by atoms with Gasteiger partial charge in [-0.1, -0.05) is 11.6 Å². The van der Waals surface area contributed by atoms with Gasteiger partial charge in [0.15, 0.2) is 0 Å². The van der Waals surface area contributed by atoms with Crippen molar-refractivity contribution in [2.75, 3.05) is 0 Å². The zero-order valence-electron chi connectivity index (χ0n) is 7.18. The highest BCUT2D eigenvalue weighted by Crippen LogP contribution is 2.39. The summed E-state index contributed by atoms with van der Waals surface area (Å²) in [6, 6.07) is 0. The predicted molar refractivity (Wildman–Crippen MR) is 48.7 cm³/mol. The van der Waals surface area contributed by atoms with Crippen LogP contribution in [-0.4, -0.2) is 17.2 Å². The van der Waals surface area contributed by atoms with Crippen molar-refractivity contribution in [2.24, 2.45) is 10.2 Å². The van der Waals surface area contributed by atoms with Gasteiger partial charge in [0.2, 0.25) is 0 Å². The molecule has 0 aromatic carbocycles. The summed E-state index contributed by atoms with van der Waals surface area (Å²) in [5, 5.41) is 25.9. The molecule has 0 radical (unpaired) electrons. The normalized spacial score (nSPS) is 24.8. The van der Waals surface area contributed by atoms with Crippen LogP contribution in [0.15, 0.2) is 45.4 Å². The number of allylic oxidation sites excluding steroid dienone is 4. The van der Waals surface area contributed by atoms with Crippen LogP contribution in [0.2, 0.25) is 5.82 Å². The Balaban J connectivity index is 2.40. The lowest BCUT2D eigenvalue weighted by Crippen LogP contribution is -2.24. The Kier molecular flexibility index (Phi) is 1.90. The Hall–Kier alpha value is -1.20. The lowest BCUT2D eigenvalue weighted by molar-refractivity contribution is 0.398. The Bertz CT molecular complexity index is 355. The Morgan fingerprint density at radius 2 is 2.15 bits per heavy atom. The first kappa shape index (κ1) is 8.41. The summed E-state index contributed by atoms with van der Waals surface area (Å²) in [4.78, 5) is 0. The molecule has 13 heavy (non-hydrogen) atoms. The minimum atomic E-state index is -1.38. The van der Waals surface area contributed by atoms with Gasteiger partial charge in [0, 0.05) is 11.4 Å². The summed E-state index contributed by atoms with van der Waals surface area (Å²) in [6.07, 6.45) is 5.24. The second kappa shape index (κ2) is 2.94. The molecule has 0 bridgehead atoms. The van der Waals surface area contributed by atoms with E-state index in [0.29, 0.717) is 0 Å². The second-order valence-electron chi connectivity index (χ2n) is 3.15. The van der Waals surface area contributed by atoms with Gasteiger partial charge < -0.3 is 10.0 Å². The minimum absolute atomic E-state index is 0.380. The van der Waals surface area contributed by atoms with E-state index in [1.807, 2.05) is 19.1 Å². The van der Waals surface area contributed by atoms with E-state index in [4.69, 9.17) is 10.0 Å². The van der Waals surface area contributed by atoms with E-state index in [-0.39, 0.29) is 5.82 Å². The summed E-state index contributed by atoms with van der Waals surface area (Å²) >= 11 is 0. The Morgan fingerprint density at radius 1 is 1.38 bits per heavy atom. The largest absolute Gasteiger partial charge is 0.463 e. The molecule has 0 aromatic rings. The van der Waals surface area contributed by atoms with Crippen LogP contribution in [0.5, 0.6) is 0 Å². The maximum atomic E-state index is 9.16. The molecule has 1 heterocycles. The van der Waals surface area contributed by atoms with Crippen LogP contribution in [0.25, 0.3) is 0 Å². The van der Waals surface area contributed by atoms with Crippen LogP contribution in [0.1, 0.15) is 6.92 Å². The van der Waals surface area contributed by atoms with Crippen molar-refractivity contribution in [3.05, 3.63) is 35.2 Å². The molecule has 2 N–H and O–H groups in total. The van der Waals surface area contributed by atoms with Crippen molar-refractivity contribution in [3.63, 3.8) is 0 Å². The van der Waals surface area contributed by atoms with E-state index >= 15 is 0 Å². The molecule has 0 saturated heterocycles. The van der Waals surface area contributed by atoms with Gasteiger partial charge >= 0.3 is 7.12 Å². The number of hydrogen-bond donors (Lipinski definition) is 2. The fourth-order valence-corrected chi connectivity index (χ4v) is 1.60. The van der Waals surface area contributed by atoms with E-state index < -0.39 is 7.12 Å².